The molecule has 140 valence electrons. The Bertz CT molecular complexity index is 496. The molecule has 4 heteroatoms. The van der Waals surface area contributed by atoms with Crippen LogP contribution >= 0.6 is 0 Å². The van der Waals surface area contributed by atoms with Crippen molar-refractivity contribution in [2.24, 2.45) is 10.9 Å². The Morgan fingerprint density at radius 3 is 2.64 bits per heavy atom. The minimum Gasteiger partial charge on any atom is -0.356 e. The number of likely N-dealkylation sites (tertiary alicyclic amines) is 1. The second-order valence-corrected chi connectivity index (χ2v) is 7.00. The molecule has 1 fully saturated rings. The molecule has 25 heavy (non-hydrogen) atoms. The van der Waals surface area contributed by atoms with Crippen LogP contribution in [0, 0.1) is 5.92 Å². The Balaban J connectivity index is 1.67. The predicted molar refractivity (Wildman–Crippen MR) is 108 cm³/mol. The highest BCUT2D eigenvalue weighted by Crippen LogP contribution is 2.20. The summed E-state index contributed by atoms with van der Waals surface area (Å²) in [6.45, 7) is 11.3. The third-order valence-corrected chi connectivity index (χ3v) is 5.24. The number of hydrogen-bond acceptors (Lipinski definition) is 2. The number of guanidine groups is 1. The van der Waals surface area contributed by atoms with Crippen molar-refractivity contribution in [2.75, 3.05) is 46.3 Å². The standard InChI is InChI=1S/C21H36N4/c1-4-24(5-2)15-10-9-14-23-21(22-3)25-16-13-20(18-25)17-19-11-7-6-8-12-19/h6-8,11-12,20H,4-5,9-10,13-18H2,1-3H3,(H,22,23). The highest BCUT2D eigenvalue weighted by molar-refractivity contribution is 5.80. The lowest BCUT2D eigenvalue weighted by Gasteiger charge is -2.22. The average molecular weight is 345 g/mol. The van der Waals surface area contributed by atoms with Crippen LogP contribution in [0.3, 0.4) is 0 Å². The van der Waals surface area contributed by atoms with Gasteiger partial charge in [-0.05, 0) is 56.8 Å². The lowest BCUT2D eigenvalue weighted by Crippen LogP contribution is -2.40. The van der Waals surface area contributed by atoms with Crippen molar-refractivity contribution in [3.8, 4) is 0 Å². The Labute approximate surface area is 154 Å². The maximum atomic E-state index is 4.50. The molecule has 1 atom stereocenters. The molecule has 0 amide bonds. The van der Waals surface area contributed by atoms with E-state index in [0.29, 0.717) is 0 Å². The molecule has 4 nitrogen and oxygen atoms in total. The SMILES string of the molecule is CCN(CC)CCCCNC(=NC)N1CCC(Cc2ccccc2)C1. The normalized spacial score (nSPS) is 18.2. The maximum Gasteiger partial charge on any atom is 0.193 e. The number of nitrogens with one attached hydrogen (secondary N) is 1. The number of hydrogen-bond donors (Lipinski definition) is 1. The third kappa shape index (κ3) is 6.69. The molecule has 2 rings (SSSR count). The minimum absolute atomic E-state index is 0.739. The van der Waals surface area contributed by atoms with Crippen molar-refractivity contribution in [2.45, 2.75) is 39.5 Å². The summed E-state index contributed by atoms with van der Waals surface area (Å²) in [5.41, 5.74) is 1.45. The molecular formula is C21H36N4. The summed E-state index contributed by atoms with van der Waals surface area (Å²) in [5.74, 6) is 1.82. The van der Waals surface area contributed by atoms with Gasteiger partial charge in [-0.2, -0.15) is 0 Å². The van der Waals surface area contributed by atoms with Crippen molar-refractivity contribution in [3.63, 3.8) is 0 Å². The largest absolute Gasteiger partial charge is 0.356 e. The molecule has 1 aliphatic heterocycles. The maximum absolute atomic E-state index is 4.50. The second-order valence-electron chi connectivity index (χ2n) is 7.00. The zero-order chi connectivity index (χ0) is 17.9. The molecule has 0 bridgehead atoms. The summed E-state index contributed by atoms with van der Waals surface area (Å²) in [4.78, 5) is 9.42. The number of rotatable bonds is 9. The molecule has 1 heterocycles. The third-order valence-electron chi connectivity index (χ3n) is 5.24. The quantitative estimate of drug-likeness (QED) is 0.424. The fraction of sp³-hybridized carbons (Fsp3) is 0.667. The zero-order valence-electron chi connectivity index (χ0n) is 16.4. The zero-order valence-corrected chi connectivity index (χ0v) is 16.4. The monoisotopic (exact) mass is 344 g/mol. The molecule has 1 aliphatic rings. The second kappa shape index (κ2) is 11.1. The number of aliphatic imine (C=N–C) groups is 1. The van der Waals surface area contributed by atoms with E-state index >= 15 is 0 Å². The van der Waals surface area contributed by atoms with Crippen LogP contribution in [0.1, 0.15) is 38.7 Å². The van der Waals surface area contributed by atoms with Gasteiger partial charge in [-0.15, -0.1) is 0 Å². The van der Waals surface area contributed by atoms with E-state index in [1.165, 1.54) is 37.8 Å². The minimum atomic E-state index is 0.739. The van der Waals surface area contributed by atoms with Gasteiger partial charge in [0.15, 0.2) is 5.96 Å². The van der Waals surface area contributed by atoms with Gasteiger partial charge in [-0.25, -0.2) is 0 Å². The van der Waals surface area contributed by atoms with Crippen LogP contribution in [0.5, 0.6) is 0 Å². The van der Waals surface area contributed by atoms with Crippen LogP contribution < -0.4 is 5.32 Å². The molecule has 0 aliphatic carbocycles. The molecule has 0 aromatic heterocycles. The van der Waals surface area contributed by atoms with E-state index in [0.717, 1.165) is 44.6 Å². The summed E-state index contributed by atoms with van der Waals surface area (Å²) < 4.78 is 0. The Kier molecular flexibility index (Phi) is 8.81. The summed E-state index contributed by atoms with van der Waals surface area (Å²) in [7, 11) is 1.91. The van der Waals surface area contributed by atoms with E-state index in [1.807, 2.05) is 7.05 Å². The van der Waals surface area contributed by atoms with Crippen LogP contribution in [-0.4, -0.2) is 62.1 Å². The molecule has 0 saturated carbocycles. The van der Waals surface area contributed by atoms with E-state index in [4.69, 9.17) is 0 Å². The van der Waals surface area contributed by atoms with E-state index in [2.05, 4.69) is 64.3 Å². The van der Waals surface area contributed by atoms with Gasteiger partial charge in [0, 0.05) is 26.7 Å². The van der Waals surface area contributed by atoms with Gasteiger partial charge in [0.2, 0.25) is 0 Å². The summed E-state index contributed by atoms with van der Waals surface area (Å²) in [6.07, 6.45) is 4.90. The van der Waals surface area contributed by atoms with Crippen molar-refractivity contribution >= 4 is 5.96 Å². The van der Waals surface area contributed by atoms with Crippen LogP contribution in [-0.2, 0) is 6.42 Å². The van der Waals surface area contributed by atoms with Crippen LogP contribution in [0.15, 0.2) is 35.3 Å². The smallest absolute Gasteiger partial charge is 0.193 e. The number of nitrogens with zero attached hydrogens (tertiary/aromatic N) is 3. The van der Waals surface area contributed by atoms with Crippen molar-refractivity contribution in [1.82, 2.24) is 15.1 Å². The first kappa shape index (κ1) is 19.8. The summed E-state index contributed by atoms with van der Waals surface area (Å²) in [5, 5.41) is 3.56. The van der Waals surface area contributed by atoms with Gasteiger partial charge in [-0.1, -0.05) is 44.2 Å². The van der Waals surface area contributed by atoms with Gasteiger partial charge < -0.3 is 15.1 Å². The summed E-state index contributed by atoms with van der Waals surface area (Å²) >= 11 is 0. The van der Waals surface area contributed by atoms with E-state index < -0.39 is 0 Å². The van der Waals surface area contributed by atoms with Crippen molar-refractivity contribution < 1.29 is 0 Å². The van der Waals surface area contributed by atoms with E-state index in [-0.39, 0.29) is 0 Å². The average Bonchev–Trinajstić information content (AvgIpc) is 3.10. The van der Waals surface area contributed by atoms with Gasteiger partial charge in [0.1, 0.15) is 0 Å². The number of unbranched alkanes of at least 4 members (excludes halogenated alkanes) is 1. The van der Waals surface area contributed by atoms with Gasteiger partial charge >= 0.3 is 0 Å². The molecule has 1 aromatic rings. The molecule has 1 unspecified atom stereocenters. The first-order chi connectivity index (χ1) is 12.3. The molecule has 0 radical (unpaired) electrons. The molecule has 1 aromatic carbocycles. The summed E-state index contributed by atoms with van der Waals surface area (Å²) in [6, 6.07) is 10.9. The molecular weight excluding hydrogens is 308 g/mol. The highest BCUT2D eigenvalue weighted by atomic mass is 15.3. The van der Waals surface area contributed by atoms with E-state index in [1.54, 1.807) is 0 Å². The molecule has 1 saturated heterocycles. The lowest BCUT2D eigenvalue weighted by molar-refractivity contribution is 0.297. The van der Waals surface area contributed by atoms with Gasteiger partial charge in [-0.3, -0.25) is 4.99 Å². The lowest BCUT2D eigenvalue weighted by atomic mass is 9.99. The Morgan fingerprint density at radius 1 is 1.20 bits per heavy atom. The fourth-order valence-electron chi connectivity index (χ4n) is 3.67. The van der Waals surface area contributed by atoms with Gasteiger partial charge in [0.25, 0.3) is 0 Å². The highest BCUT2D eigenvalue weighted by Gasteiger charge is 2.24. The Morgan fingerprint density at radius 2 is 1.96 bits per heavy atom. The molecule has 1 N–H and O–H groups in total. The van der Waals surface area contributed by atoms with Gasteiger partial charge in [0.05, 0.1) is 0 Å². The first-order valence-electron chi connectivity index (χ1n) is 9.98. The van der Waals surface area contributed by atoms with Crippen molar-refractivity contribution in [3.05, 3.63) is 35.9 Å². The predicted octanol–water partition coefficient (Wildman–Crippen LogP) is 3.25. The number of benzene rings is 1. The van der Waals surface area contributed by atoms with Crippen molar-refractivity contribution in [1.29, 1.82) is 0 Å². The Hall–Kier alpha value is -1.55. The topological polar surface area (TPSA) is 30.9 Å². The van der Waals surface area contributed by atoms with E-state index in [9.17, 15) is 0 Å². The fourth-order valence-corrected chi connectivity index (χ4v) is 3.67. The van der Waals surface area contributed by atoms with Crippen LogP contribution in [0.4, 0.5) is 0 Å². The first-order valence-corrected chi connectivity index (χ1v) is 9.98. The van der Waals surface area contributed by atoms with Crippen LogP contribution in [0.25, 0.3) is 0 Å². The molecule has 0 spiro atoms. The van der Waals surface area contributed by atoms with Crippen LogP contribution in [0.2, 0.25) is 0 Å².